The maximum absolute atomic E-state index is 13.6. The molecule has 0 aliphatic rings. The number of rotatable bonds is 10. The number of ether oxygens (including phenoxy) is 1. The first-order chi connectivity index (χ1) is 16.7. The fourth-order valence-electron chi connectivity index (χ4n) is 3.85. The Hall–Kier alpha value is -3.12. The van der Waals surface area contributed by atoms with E-state index in [0.29, 0.717) is 12.2 Å². The molecule has 5 nitrogen and oxygen atoms in total. The Morgan fingerprint density at radius 3 is 2.34 bits per heavy atom. The molecule has 0 fully saturated rings. The monoisotopic (exact) mass is 536 g/mol. The van der Waals surface area contributed by atoms with Crippen molar-refractivity contribution in [3.63, 3.8) is 0 Å². The largest absolute Gasteiger partial charge is 0.483 e. The second-order valence-electron chi connectivity index (χ2n) is 9.08. The third kappa shape index (κ3) is 7.96. The Morgan fingerprint density at radius 2 is 1.66 bits per heavy atom. The van der Waals surface area contributed by atoms with Crippen LogP contribution in [0.4, 0.5) is 0 Å². The van der Waals surface area contributed by atoms with E-state index < -0.39 is 6.04 Å². The van der Waals surface area contributed by atoms with Gasteiger partial charge in [0.25, 0.3) is 5.91 Å². The van der Waals surface area contributed by atoms with Crippen LogP contribution in [-0.2, 0) is 22.6 Å². The summed E-state index contributed by atoms with van der Waals surface area (Å²) in [7, 11) is 0. The molecule has 0 aliphatic carbocycles. The van der Waals surface area contributed by atoms with Crippen LogP contribution in [0.1, 0.15) is 36.1 Å². The number of benzene rings is 3. The van der Waals surface area contributed by atoms with Gasteiger partial charge in [0.1, 0.15) is 11.8 Å². The highest BCUT2D eigenvalue weighted by Crippen LogP contribution is 2.21. The number of amides is 2. The molecule has 0 saturated heterocycles. The van der Waals surface area contributed by atoms with Gasteiger partial charge in [0.2, 0.25) is 5.91 Å². The number of aryl methyl sites for hydroxylation is 2. The summed E-state index contributed by atoms with van der Waals surface area (Å²) < 4.78 is 6.87. The van der Waals surface area contributed by atoms with Crippen LogP contribution in [0.25, 0.3) is 0 Å². The number of halogens is 1. The zero-order valence-electron chi connectivity index (χ0n) is 20.8. The third-order valence-corrected chi connectivity index (χ3v) is 6.13. The van der Waals surface area contributed by atoms with E-state index >= 15 is 0 Å². The van der Waals surface area contributed by atoms with Gasteiger partial charge in [-0.2, -0.15) is 0 Å². The first-order valence-electron chi connectivity index (χ1n) is 11.8. The maximum Gasteiger partial charge on any atom is 0.261 e. The summed E-state index contributed by atoms with van der Waals surface area (Å²) in [6.45, 7) is 7.91. The van der Waals surface area contributed by atoms with Gasteiger partial charge in [0.15, 0.2) is 6.61 Å². The van der Waals surface area contributed by atoms with Crippen LogP contribution in [0.5, 0.6) is 5.75 Å². The summed E-state index contributed by atoms with van der Waals surface area (Å²) in [6.07, 6.45) is 0.405. The summed E-state index contributed by atoms with van der Waals surface area (Å²) >= 11 is 3.51. The van der Waals surface area contributed by atoms with Crippen LogP contribution in [0, 0.1) is 13.8 Å². The van der Waals surface area contributed by atoms with Gasteiger partial charge in [-0.05, 0) is 68.1 Å². The molecule has 0 aliphatic heterocycles. The molecule has 2 amide bonds. The minimum atomic E-state index is -0.687. The van der Waals surface area contributed by atoms with Crippen molar-refractivity contribution < 1.29 is 14.3 Å². The van der Waals surface area contributed by atoms with Crippen molar-refractivity contribution >= 4 is 27.7 Å². The van der Waals surface area contributed by atoms with Crippen LogP contribution >= 0.6 is 15.9 Å². The first-order valence-corrected chi connectivity index (χ1v) is 12.6. The summed E-state index contributed by atoms with van der Waals surface area (Å²) in [5, 5.41) is 3.00. The number of hydrogen-bond acceptors (Lipinski definition) is 3. The van der Waals surface area contributed by atoms with E-state index in [0.717, 1.165) is 26.7 Å². The third-order valence-electron chi connectivity index (χ3n) is 5.64. The van der Waals surface area contributed by atoms with Crippen molar-refractivity contribution in [3.8, 4) is 5.75 Å². The number of carbonyl (C=O) groups excluding carboxylic acids is 2. The average molecular weight is 537 g/mol. The fourth-order valence-corrected chi connectivity index (χ4v) is 4.30. The van der Waals surface area contributed by atoms with E-state index in [9.17, 15) is 9.59 Å². The first kappa shape index (κ1) is 26.5. The quantitative estimate of drug-likeness (QED) is 0.366. The number of nitrogens with one attached hydrogen (secondary N) is 1. The molecule has 1 atom stereocenters. The molecule has 0 bridgehead atoms. The van der Waals surface area contributed by atoms with Crippen molar-refractivity contribution in [2.75, 3.05) is 6.61 Å². The lowest BCUT2D eigenvalue weighted by molar-refractivity contribution is -0.143. The van der Waals surface area contributed by atoms with Crippen molar-refractivity contribution in [2.24, 2.45) is 0 Å². The lowest BCUT2D eigenvalue weighted by Crippen LogP contribution is -2.52. The van der Waals surface area contributed by atoms with Crippen LogP contribution in [0.15, 0.2) is 77.3 Å². The molecule has 3 aromatic rings. The molecule has 184 valence electrons. The standard InChI is InChI=1S/C29H33BrN2O3/c1-20(2)31-29(34)26(17-23-9-6-5-7-10-23)32(18-24-11-8-12-25(30)16-24)28(33)19-35-27-15-21(3)13-14-22(27)4/h5-16,20,26H,17-19H2,1-4H3,(H,31,34). The van der Waals surface area contributed by atoms with E-state index in [-0.39, 0.29) is 31.0 Å². The molecule has 1 unspecified atom stereocenters. The predicted molar refractivity (Wildman–Crippen MR) is 143 cm³/mol. The molecule has 0 heterocycles. The molecule has 3 aromatic carbocycles. The highest BCUT2D eigenvalue weighted by Gasteiger charge is 2.31. The Balaban J connectivity index is 1.92. The highest BCUT2D eigenvalue weighted by atomic mass is 79.9. The number of nitrogens with zero attached hydrogens (tertiary/aromatic N) is 1. The molecular weight excluding hydrogens is 504 g/mol. The van der Waals surface area contributed by atoms with Gasteiger partial charge in [0, 0.05) is 23.5 Å². The molecule has 0 saturated carbocycles. The molecule has 0 spiro atoms. The second kappa shape index (κ2) is 12.5. The highest BCUT2D eigenvalue weighted by molar-refractivity contribution is 9.10. The van der Waals surface area contributed by atoms with Gasteiger partial charge in [0.05, 0.1) is 0 Å². The van der Waals surface area contributed by atoms with Gasteiger partial charge in [-0.25, -0.2) is 0 Å². The van der Waals surface area contributed by atoms with Crippen LogP contribution in [0.3, 0.4) is 0 Å². The van der Waals surface area contributed by atoms with Gasteiger partial charge in [-0.15, -0.1) is 0 Å². The van der Waals surface area contributed by atoms with E-state index in [1.807, 2.05) is 100 Å². The van der Waals surface area contributed by atoms with E-state index in [2.05, 4.69) is 21.2 Å². The zero-order valence-corrected chi connectivity index (χ0v) is 22.3. The normalized spacial score (nSPS) is 11.7. The Labute approximate surface area is 216 Å². The summed E-state index contributed by atoms with van der Waals surface area (Å²) in [5.74, 6) is 0.247. The molecule has 6 heteroatoms. The predicted octanol–water partition coefficient (Wildman–Crippen LogP) is 5.61. The van der Waals surface area contributed by atoms with Gasteiger partial charge in [-0.1, -0.05) is 70.5 Å². The zero-order chi connectivity index (χ0) is 25.4. The topological polar surface area (TPSA) is 58.6 Å². The van der Waals surface area contributed by atoms with E-state index in [4.69, 9.17) is 4.74 Å². The van der Waals surface area contributed by atoms with Gasteiger partial charge in [-0.3, -0.25) is 9.59 Å². The SMILES string of the molecule is Cc1ccc(C)c(OCC(=O)N(Cc2cccc(Br)c2)C(Cc2ccccc2)C(=O)NC(C)C)c1. The van der Waals surface area contributed by atoms with E-state index in [1.165, 1.54) is 0 Å². The molecule has 1 N–H and O–H groups in total. The molecule has 35 heavy (non-hydrogen) atoms. The van der Waals surface area contributed by atoms with Crippen LogP contribution in [0.2, 0.25) is 0 Å². The minimum absolute atomic E-state index is 0.0465. The summed E-state index contributed by atoms with van der Waals surface area (Å²) in [5.41, 5.74) is 3.93. The Morgan fingerprint density at radius 1 is 0.943 bits per heavy atom. The van der Waals surface area contributed by atoms with Crippen molar-refractivity contribution in [1.82, 2.24) is 10.2 Å². The summed E-state index contributed by atoms with van der Waals surface area (Å²) in [4.78, 5) is 28.6. The Kier molecular flexibility index (Phi) is 9.49. The lowest BCUT2D eigenvalue weighted by atomic mass is 10.0. The molecule has 0 radical (unpaired) electrons. The van der Waals surface area contributed by atoms with Crippen LogP contribution < -0.4 is 10.1 Å². The Bertz CT molecular complexity index is 1150. The molecule has 0 aromatic heterocycles. The number of hydrogen-bond donors (Lipinski definition) is 1. The fraction of sp³-hybridized carbons (Fsp3) is 0.310. The van der Waals surface area contributed by atoms with Crippen molar-refractivity contribution in [3.05, 3.63) is 99.5 Å². The van der Waals surface area contributed by atoms with Gasteiger partial charge >= 0.3 is 0 Å². The van der Waals surface area contributed by atoms with Crippen molar-refractivity contribution in [1.29, 1.82) is 0 Å². The number of carbonyl (C=O) groups is 2. The molecular formula is C29H33BrN2O3. The van der Waals surface area contributed by atoms with Crippen LogP contribution in [-0.4, -0.2) is 35.4 Å². The van der Waals surface area contributed by atoms with Crippen molar-refractivity contribution in [2.45, 2.75) is 52.7 Å². The average Bonchev–Trinajstić information content (AvgIpc) is 2.82. The minimum Gasteiger partial charge on any atom is -0.483 e. The smallest absolute Gasteiger partial charge is 0.261 e. The maximum atomic E-state index is 13.6. The van der Waals surface area contributed by atoms with Gasteiger partial charge < -0.3 is 15.0 Å². The summed E-state index contributed by atoms with van der Waals surface area (Å²) in [6, 6.07) is 22.7. The lowest BCUT2D eigenvalue weighted by Gasteiger charge is -2.32. The van der Waals surface area contributed by atoms with E-state index in [1.54, 1.807) is 4.90 Å². The molecule has 3 rings (SSSR count). The second-order valence-corrected chi connectivity index (χ2v) is 9.99.